The second-order valence-corrected chi connectivity index (χ2v) is 9.76. The number of pyridine rings is 1. The Labute approximate surface area is 202 Å². The Bertz CT molecular complexity index is 933. The van der Waals surface area contributed by atoms with Gasteiger partial charge in [-0.25, -0.2) is 4.79 Å². The number of piperazine rings is 1. The highest BCUT2D eigenvalue weighted by Crippen LogP contribution is 2.31. The molecule has 2 fully saturated rings. The molecule has 1 aliphatic heterocycles. The van der Waals surface area contributed by atoms with E-state index in [1.54, 1.807) is 6.20 Å². The smallest absolute Gasteiger partial charge is 0.321 e. The van der Waals surface area contributed by atoms with Crippen molar-refractivity contribution in [2.45, 2.75) is 58.0 Å². The van der Waals surface area contributed by atoms with Crippen LogP contribution < -0.4 is 10.6 Å². The van der Waals surface area contributed by atoms with Crippen LogP contribution >= 0.6 is 0 Å². The zero-order chi connectivity index (χ0) is 23.9. The van der Waals surface area contributed by atoms with E-state index in [-0.39, 0.29) is 18.0 Å². The largest absolute Gasteiger partial charge is 0.349 e. The van der Waals surface area contributed by atoms with Crippen LogP contribution in [-0.4, -0.2) is 58.9 Å². The van der Waals surface area contributed by atoms with Crippen LogP contribution in [0.5, 0.6) is 0 Å². The molecule has 34 heavy (non-hydrogen) atoms. The third kappa shape index (κ3) is 6.14. The van der Waals surface area contributed by atoms with E-state index in [4.69, 9.17) is 0 Å². The van der Waals surface area contributed by atoms with Crippen molar-refractivity contribution in [3.8, 4) is 0 Å². The van der Waals surface area contributed by atoms with Gasteiger partial charge < -0.3 is 15.5 Å². The summed E-state index contributed by atoms with van der Waals surface area (Å²) >= 11 is 0. The Kier molecular flexibility index (Phi) is 8.16. The number of aromatic nitrogens is 1. The molecular formula is C27H37N5O2. The molecule has 0 unspecified atom stereocenters. The number of rotatable bonds is 7. The molecular weight excluding hydrogens is 426 g/mol. The molecule has 7 nitrogen and oxygen atoms in total. The quantitative estimate of drug-likeness (QED) is 0.644. The summed E-state index contributed by atoms with van der Waals surface area (Å²) in [6, 6.07) is 13.6. The Morgan fingerprint density at radius 2 is 1.71 bits per heavy atom. The molecule has 4 rings (SSSR count). The van der Waals surface area contributed by atoms with Crippen LogP contribution in [0.3, 0.4) is 0 Å². The zero-order valence-electron chi connectivity index (χ0n) is 20.4. The third-order valence-corrected chi connectivity index (χ3v) is 7.11. The molecule has 7 heteroatoms. The molecule has 1 aliphatic carbocycles. The fourth-order valence-corrected chi connectivity index (χ4v) is 5.09. The zero-order valence-corrected chi connectivity index (χ0v) is 20.4. The number of carbonyl (C=O) groups is 2. The standard InChI is InChI=1S/C27H37N5O2/c1-20(2)21-10-12-23(13-11-21)30-27(34)32-17-15-31(16-18-32)25(22-7-3-4-8-22)26(33)29-19-24-9-5-6-14-28-24/h5-6,9-14,20,22,25H,3-4,7-8,15-19H2,1-2H3,(H,29,33)(H,30,34)/t25-/m0/s1. The van der Waals surface area contributed by atoms with Crippen molar-refractivity contribution in [2.75, 3.05) is 31.5 Å². The van der Waals surface area contributed by atoms with Gasteiger partial charge >= 0.3 is 6.03 Å². The summed E-state index contributed by atoms with van der Waals surface area (Å²) in [5.74, 6) is 0.927. The molecule has 1 aromatic carbocycles. The van der Waals surface area contributed by atoms with Gasteiger partial charge in [-0.05, 0) is 54.5 Å². The lowest BCUT2D eigenvalue weighted by atomic mass is 9.95. The number of urea groups is 1. The molecule has 3 amide bonds. The van der Waals surface area contributed by atoms with E-state index < -0.39 is 0 Å². The average Bonchev–Trinajstić information content (AvgIpc) is 3.38. The second-order valence-electron chi connectivity index (χ2n) is 9.76. The average molecular weight is 464 g/mol. The molecule has 1 saturated carbocycles. The van der Waals surface area contributed by atoms with Crippen molar-refractivity contribution in [1.82, 2.24) is 20.1 Å². The molecule has 0 radical (unpaired) electrons. The normalized spacial score (nSPS) is 18.1. The minimum absolute atomic E-state index is 0.0750. The lowest BCUT2D eigenvalue weighted by Gasteiger charge is -2.40. The predicted molar refractivity (Wildman–Crippen MR) is 135 cm³/mol. The number of carbonyl (C=O) groups excluding carboxylic acids is 2. The van der Waals surface area contributed by atoms with Crippen LogP contribution in [0.15, 0.2) is 48.7 Å². The summed E-state index contributed by atoms with van der Waals surface area (Å²) < 4.78 is 0. The van der Waals surface area contributed by atoms with Crippen molar-refractivity contribution in [3.63, 3.8) is 0 Å². The minimum atomic E-state index is -0.139. The fourth-order valence-electron chi connectivity index (χ4n) is 5.09. The van der Waals surface area contributed by atoms with E-state index in [1.807, 2.05) is 35.2 Å². The van der Waals surface area contributed by atoms with Crippen molar-refractivity contribution in [1.29, 1.82) is 0 Å². The second kappa shape index (κ2) is 11.5. The topological polar surface area (TPSA) is 77.6 Å². The van der Waals surface area contributed by atoms with Gasteiger partial charge in [0.05, 0.1) is 18.3 Å². The van der Waals surface area contributed by atoms with Crippen LogP contribution in [0.2, 0.25) is 0 Å². The Morgan fingerprint density at radius 3 is 2.32 bits per heavy atom. The van der Waals surface area contributed by atoms with Crippen LogP contribution in [0.25, 0.3) is 0 Å². The highest BCUT2D eigenvalue weighted by atomic mass is 16.2. The fraction of sp³-hybridized carbons (Fsp3) is 0.519. The Balaban J connectivity index is 1.32. The van der Waals surface area contributed by atoms with Gasteiger partial charge in [-0.15, -0.1) is 0 Å². The summed E-state index contributed by atoms with van der Waals surface area (Å²) in [6.07, 6.45) is 6.31. The summed E-state index contributed by atoms with van der Waals surface area (Å²) in [4.78, 5) is 34.5. The van der Waals surface area contributed by atoms with Gasteiger partial charge in [0, 0.05) is 38.1 Å². The Morgan fingerprint density at radius 1 is 1.00 bits per heavy atom. The molecule has 0 spiro atoms. The van der Waals surface area contributed by atoms with Gasteiger partial charge in [-0.1, -0.05) is 44.9 Å². The highest BCUT2D eigenvalue weighted by Gasteiger charge is 2.37. The monoisotopic (exact) mass is 463 g/mol. The summed E-state index contributed by atoms with van der Waals surface area (Å²) in [5.41, 5.74) is 2.93. The lowest BCUT2D eigenvalue weighted by Crippen LogP contribution is -2.58. The maximum absolute atomic E-state index is 13.3. The van der Waals surface area contributed by atoms with Gasteiger partial charge in [0.1, 0.15) is 0 Å². The first-order valence-corrected chi connectivity index (χ1v) is 12.6. The maximum atomic E-state index is 13.3. The first-order chi connectivity index (χ1) is 16.5. The van der Waals surface area contributed by atoms with Crippen LogP contribution in [-0.2, 0) is 11.3 Å². The number of amides is 3. The first kappa shape index (κ1) is 24.2. The van der Waals surface area contributed by atoms with E-state index in [9.17, 15) is 9.59 Å². The lowest BCUT2D eigenvalue weighted by molar-refractivity contribution is -0.129. The molecule has 0 bridgehead atoms. The number of hydrogen-bond donors (Lipinski definition) is 2. The number of anilines is 1. The van der Waals surface area contributed by atoms with Gasteiger partial charge in [0.25, 0.3) is 0 Å². The van der Waals surface area contributed by atoms with Crippen molar-refractivity contribution in [2.24, 2.45) is 5.92 Å². The van der Waals surface area contributed by atoms with Crippen LogP contribution in [0, 0.1) is 5.92 Å². The van der Waals surface area contributed by atoms with Gasteiger partial charge in [0.15, 0.2) is 0 Å². The van der Waals surface area contributed by atoms with Crippen LogP contribution in [0.4, 0.5) is 10.5 Å². The molecule has 1 saturated heterocycles. The highest BCUT2D eigenvalue weighted by molar-refractivity contribution is 5.89. The van der Waals surface area contributed by atoms with E-state index in [0.717, 1.165) is 24.2 Å². The van der Waals surface area contributed by atoms with Crippen molar-refractivity contribution < 1.29 is 9.59 Å². The molecule has 1 aromatic heterocycles. The molecule has 2 aromatic rings. The first-order valence-electron chi connectivity index (χ1n) is 12.6. The SMILES string of the molecule is CC(C)c1ccc(NC(=O)N2CCN([C@H](C(=O)NCc3ccccn3)C3CCCC3)CC2)cc1. The number of benzene rings is 1. The number of nitrogens with zero attached hydrogens (tertiary/aromatic N) is 3. The van der Waals surface area contributed by atoms with E-state index in [0.29, 0.717) is 44.6 Å². The summed E-state index contributed by atoms with van der Waals surface area (Å²) in [6.45, 7) is 7.41. The molecule has 182 valence electrons. The van der Waals surface area contributed by atoms with Gasteiger partial charge in [-0.2, -0.15) is 0 Å². The summed E-state index contributed by atoms with van der Waals surface area (Å²) in [5, 5.41) is 6.14. The van der Waals surface area contributed by atoms with E-state index in [2.05, 4.69) is 46.5 Å². The molecule has 2 aliphatic rings. The van der Waals surface area contributed by atoms with Crippen molar-refractivity contribution >= 4 is 17.6 Å². The number of nitrogens with one attached hydrogen (secondary N) is 2. The van der Waals surface area contributed by atoms with Crippen molar-refractivity contribution in [3.05, 3.63) is 59.9 Å². The van der Waals surface area contributed by atoms with E-state index in [1.165, 1.54) is 18.4 Å². The third-order valence-electron chi connectivity index (χ3n) is 7.11. The van der Waals surface area contributed by atoms with Gasteiger partial charge in [0.2, 0.25) is 5.91 Å². The summed E-state index contributed by atoms with van der Waals surface area (Å²) in [7, 11) is 0. The minimum Gasteiger partial charge on any atom is -0.349 e. The van der Waals surface area contributed by atoms with Gasteiger partial charge in [-0.3, -0.25) is 14.7 Å². The molecule has 2 N–H and O–H groups in total. The maximum Gasteiger partial charge on any atom is 0.321 e. The molecule has 2 heterocycles. The molecule has 1 atom stereocenters. The van der Waals surface area contributed by atoms with E-state index >= 15 is 0 Å². The predicted octanol–water partition coefficient (Wildman–Crippen LogP) is 4.23. The number of hydrogen-bond acceptors (Lipinski definition) is 4. The Hall–Kier alpha value is -2.93. The van der Waals surface area contributed by atoms with Crippen LogP contribution in [0.1, 0.15) is 56.7 Å².